The molecule has 6 heteroatoms. The molecular weight excluding hydrogens is 312 g/mol. The van der Waals surface area contributed by atoms with Gasteiger partial charge in [0.1, 0.15) is 0 Å². The third-order valence-electron chi connectivity index (χ3n) is 3.81. The minimum absolute atomic E-state index is 0.0342. The summed E-state index contributed by atoms with van der Waals surface area (Å²) in [5.41, 5.74) is 1.69. The van der Waals surface area contributed by atoms with E-state index < -0.39 is 9.84 Å². The van der Waals surface area contributed by atoms with Crippen molar-refractivity contribution in [1.29, 1.82) is 0 Å². The predicted octanol–water partition coefficient (Wildman–Crippen LogP) is 2.18. The Kier molecular flexibility index (Phi) is 5.26. The molecule has 0 saturated carbocycles. The first-order chi connectivity index (χ1) is 10.8. The van der Waals surface area contributed by atoms with Crippen LogP contribution in [-0.4, -0.2) is 31.2 Å². The van der Waals surface area contributed by atoms with Crippen LogP contribution in [-0.2, 0) is 23.3 Å². The van der Waals surface area contributed by atoms with Gasteiger partial charge in [-0.25, -0.2) is 8.42 Å². The third kappa shape index (κ3) is 4.69. The molecule has 1 heterocycles. The van der Waals surface area contributed by atoms with Crippen molar-refractivity contribution in [3.63, 3.8) is 0 Å². The van der Waals surface area contributed by atoms with Crippen molar-refractivity contribution in [3.05, 3.63) is 53.9 Å². The first-order valence-corrected chi connectivity index (χ1v) is 9.37. The van der Waals surface area contributed by atoms with Gasteiger partial charge in [0.15, 0.2) is 9.84 Å². The number of carbonyl (C=O) groups is 1. The standard InChI is InChI=1S/C17H22N2O3S/c1-13(6-9-15-5-4-12-19(15)2)18-17(20)14-7-10-16(11-8-14)23(3,21)22/h4-5,7-8,10-13H,6,9H2,1-3H3,(H,18,20). The van der Waals surface area contributed by atoms with Gasteiger partial charge in [0.25, 0.3) is 5.91 Å². The molecule has 1 aromatic carbocycles. The van der Waals surface area contributed by atoms with E-state index in [2.05, 4.69) is 16.0 Å². The van der Waals surface area contributed by atoms with E-state index in [0.717, 1.165) is 19.1 Å². The molecule has 23 heavy (non-hydrogen) atoms. The summed E-state index contributed by atoms with van der Waals surface area (Å²) in [7, 11) is -1.24. The zero-order valence-electron chi connectivity index (χ0n) is 13.6. The van der Waals surface area contributed by atoms with Crippen molar-refractivity contribution in [2.45, 2.75) is 30.7 Å². The van der Waals surface area contributed by atoms with Crippen LogP contribution in [0.5, 0.6) is 0 Å². The van der Waals surface area contributed by atoms with Gasteiger partial charge in [-0.2, -0.15) is 0 Å². The summed E-state index contributed by atoms with van der Waals surface area (Å²) in [5.74, 6) is -0.190. The fraction of sp³-hybridized carbons (Fsp3) is 0.353. The van der Waals surface area contributed by atoms with Gasteiger partial charge < -0.3 is 9.88 Å². The normalized spacial score (nSPS) is 12.8. The summed E-state index contributed by atoms with van der Waals surface area (Å²) in [6.07, 6.45) is 4.87. The summed E-state index contributed by atoms with van der Waals surface area (Å²) >= 11 is 0. The predicted molar refractivity (Wildman–Crippen MR) is 90.2 cm³/mol. The Morgan fingerprint density at radius 1 is 1.22 bits per heavy atom. The SMILES string of the molecule is CC(CCc1cccn1C)NC(=O)c1ccc(S(C)(=O)=O)cc1. The Labute approximate surface area is 137 Å². The smallest absolute Gasteiger partial charge is 0.251 e. The molecule has 0 aliphatic heterocycles. The fourth-order valence-corrected chi connectivity index (χ4v) is 2.98. The number of aromatic nitrogens is 1. The van der Waals surface area contributed by atoms with Crippen LogP contribution in [0.4, 0.5) is 0 Å². The molecule has 1 atom stereocenters. The van der Waals surface area contributed by atoms with E-state index in [9.17, 15) is 13.2 Å². The molecule has 124 valence electrons. The Bertz CT molecular complexity index is 776. The molecule has 0 aliphatic rings. The van der Waals surface area contributed by atoms with Crippen molar-refractivity contribution in [2.24, 2.45) is 7.05 Å². The molecule has 2 rings (SSSR count). The van der Waals surface area contributed by atoms with Gasteiger partial charge in [-0.1, -0.05) is 0 Å². The number of hydrogen-bond donors (Lipinski definition) is 1. The minimum Gasteiger partial charge on any atom is -0.354 e. The number of nitrogens with zero attached hydrogens (tertiary/aromatic N) is 1. The molecule has 2 aromatic rings. The van der Waals surface area contributed by atoms with Crippen molar-refractivity contribution < 1.29 is 13.2 Å². The number of sulfone groups is 1. The number of nitrogens with one attached hydrogen (secondary N) is 1. The van der Waals surface area contributed by atoms with E-state index in [-0.39, 0.29) is 16.8 Å². The maximum Gasteiger partial charge on any atom is 0.251 e. The highest BCUT2D eigenvalue weighted by Gasteiger charge is 2.12. The lowest BCUT2D eigenvalue weighted by atomic mass is 10.1. The number of benzene rings is 1. The van der Waals surface area contributed by atoms with Crippen LogP contribution in [0.3, 0.4) is 0 Å². The quantitative estimate of drug-likeness (QED) is 0.880. The summed E-state index contributed by atoms with van der Waals surface area (Å²) < 4.78 is 24.9. The van der Waals surface area contributed by atoms with Crippen molar-refractivity contribution >= 4 is 15.7 Å². The lowest BCUT2D eigenvalue weighted by Gasteiger charge is -2.14. The molecule has 0 fully saturated rings. The highest BCUT2D eigenvalue weighted by atomic mass is 32.2. The van der Waals surface area contributed by atoms with Crippen molar-refractivity contribution in [1.82, 2.24) is 9.88 Å². The molecule has 1 N–H and O–H groups in total. The first kappa shape index (κ1) is 17.3. The topological polar surface area (TPSA) is 68.2 Å². The second kappa shape index (κ2) is 7.00. The summed E-state index contributed by atoms with van der Waals surface area (Å²) in [6, 6.07) is 10.1. The van der Waals surface area contributed by atoms with Gasteiger partial charge in [-0.05, 0) is 56.2 Å². The molecule has 5 nitrogen and oxygen atoms in total. The second-order valence-corrected chi connectivity index (χ2v) is 7.84. The third-order valence-corrected chi connectivity index (χ3v) is 4.94. The highest BCUT2D eigenvalue weighted by molar-refractivity contribution is 7.90. The Morgan fingerprint density at radius 2 is 1.87 bits per heavy atom. The summed E-state index contributed by atoms with van der Waals surface area (Å²) in [6.45, 7) is 1.96. The molecule has 1 aromatic heterocycles. The molecule has 0 spiro atoms. The van der Waals surface area contributed by atoms with Crippen LogP contribution in [0.25, 0.3) is 0 Å². The van der Waals surface area contributed by atoms with E-state index in [1.165, 1.54) is 30.0 Å². The average Bonchev–Trinajstić information content (AvgIpc) is 2.89. The van der Waals surface area contributed by atoms with Crippen LogP contribution in [0, 0.1) is 0 Å². The molecule has 1 amide bonds. The molecule has 0 radical (unpaired) electrons. The molecule has 1 unspecified atom stereocenters. The highest BCUT2D eigenvalue weighted by Crippen LogP contribution is 2.11. The van der Waals surface area contributed by atoms with Crippen LogP contribution in [0.15, 0.2) is 47.5 Å². The van der Waals surface area contributed by atoms with E-state index >= 15 is 0 Å². The van der Waals surface area contributed by atoms with Crippen molar-refractivity contribution in [3.8, 4) is 0 Å². The molecule has 0 saturated heterocycles. The Hall–Kier alpha value is -2.08. The Balaban J connectivity index is 1.92. The maximum atomic E-state index is 12.2. The van der Waals surface area contributed by atoms with Gasteiger partial charge in [0, 0.05) is 36.8 Å². The number of carbonyl (C=O) groups excluding carboxylic acids is 1. The largest absolute Gasteiger partial charge is 0.354 e. The maximum absolute atomic E-state index is 12.2. The van der Waals surface area contributed by atoms with Crippen LogP contribution >= 0.6 is 0 Å². The van der Waals surface area contributed by atoms with Crippen LogP contribution in [0.1, 0.15) is 29.4 Å². The average molecular weight is 334 g/mol. The van der Waals surface area contributed by atoms with Gasteiger partial charge in [-0.15, -0.1) is 0 Å². The van der Waals surface area contributed by atoms with Crippen molar-refractivity contribution in [2.75, 3.05) is 6.26 Å². The van der Waals surface area contributed by atoms with E-state index in [1.54, 1.807) is 0 Å². The number of amides is 1. The van der Waals surface area contributed by atoms with Crippen LogP contribution in [0.2, 0.25) is 0 Å². The molecule has 0 aliphatic carbocycles. The Morgan fingerprint density at radius 3 is 2.39 bits per heavy atom. The second-order valence-electron chi connectivity index (χ2n) is 5.82. The number of aryl methyl sites for hydroxylation is 2. The fourth-order valence-electron chi connectivity index (χ4n) is 2.35. The molecule has 0 bridgehead atoms. The van der Waals surface area contributed by atoms with Gasteiger partial charge in [-0.3, -0.25) is 4.79 Å². The van der Waals surface area contributed by atoms with E-state index in [0.29, 0.717) is 5.56 Å². The van der Waals surface area contributed by atoms with Gasteiger partial charge >= 0.3 is 0 Å². The number of rotatable bonds is 6. The van der Waals surface area contributed by atoms with E-state index in [1.807, 2.05) is 26.2 Å². The lowest BCUT2D eigenvalue weighted by molar-refractivity contribution is 0.0938. The van der Waals surface area contributed by atoms with Gasteiger partial charge in [0.05, 0.1) is 4.90 Å². The van der Waals surface area contributed by atoms with E-state index in [4.69, 9.17) is 0 Å². The zero-order chi connectivity index (χ0) is 17.0. The number of hydrogen-bond acceptors (Lipinski definition) is 3. The zero-order valence-corrected chi connectivity index (χ0v) is 14.4. The minimum atomic E-state index is -3.24. The first-order valence-electron chi connectivity index (χ1n) is 7.48. The summed E-state index contributed by atoms with van der Waals surface area (Å²) in [4.78, 5) is 12.4. The lowest BCUT2D eigenvalue weighted by Crippen LogP contribution is -2.33. The monoisotopic (exact) mass is 334 g/mol. The molecular formula is C17H22N2O3S. The summed E-state index contributed by atoms with van der Waals surface area (Å²) in [5, 5.41) is 2.94. The van der Waals surface area contributed by atoms with Crippen LogP contribution < -0.4 is 5.32 Å². The van der Waals surface area contributed by atoms with Gasteiger partial charge in [0.2, 0.25) is 0 Å².